The van der Waals surface area contributed by atoms with Crippen molar-refractivity contribution < 1.29 is 0 Å². The van der Waals surface area contributed by atoms with Crippen LogP contribution < -0.4 is 10.6 Å². The Morgan fingerprint density at radius 1 is 1.41 bits per heavy atom. The Morgan fingerprint density at radius 3 is 2.76 bits per heavy atom. The Labute approximate surface area is 112 Å². The molecular weight excluding hydrogens is 276 g/mol. The topological polar surface area (TPSA) is 29.3 Å². The quantitative estimate of drug-likeness (QED) is 0.924. The molecule has 1 saturated heterocycles. The van der Waals surface area contributed by atoms with E-state index < -0.39 is 0 Å². The SMILES string of the molecule is CC(CN)CC1CCN(c2ccc(Br)cc2)C1. The molecule has 1 aromatic carbocycles. The Bertz CT molecular complexity index is 350. The van der Waals surface area contributed by atoms with Gasteiger partial charge in [0.2, 0.25) is 0 Å². The minimum atomic E-state index is 0.657. The molecule has 1 heterocycles. The predicted octanol–water partition coefficient (Wildman–Crippen LogP) is 3.26. The van der Waals surface area contributed by atoms with E-state index in [9.17, 15) is 0 Å². The number of benzene rings is 1. The molecule has 0 saturated carbocycles. The smallest absolute Gasteiger partial charge is 0.0367 e. The van der Waals surface area contributed by atoms with E-state index in [1.807, 2.05) is 0 Å². The van der Waals surface area contributed by atoms with Gasteiger partial charge in [0.15, 0.2) is 0 Å². The molecule has 1 aromatic rings. The zero-order valence-electron chi connectivity index (χ0n) is 10.4. The lowest BCUT2D eigenvalue weighted by molar-refractivity contribution is 0.423. The van der Waals surface area contributed by atoms with Gasteiger partial charge in [0.25, 0.3) is 0 Å². The third kappa shape index (κ3) is 3.46. The van der Waals surface area contributed by atoms with Gasteiger partial charge in [0.1, 0.15) is 0 Å². The van der Waals surface area contributed by atoms with E-state index >= 15 is 0 Å². The molecular formula is C14H21BrN2. The van der Waals surface area contributed by atoms with Gasteiger partial charge >= 0.3 is 0 Å². The third-order valence-corrected chi connectivity index (χ3v) is 4.14. The van der Waals surface area contributed by atoms with E-state index in [1.165, 1.54) is 31.6 Å². The fraction of sp³-hybridized carbons (Fsp3) is 0.571. The summed E-state index contributed by atoms with van der Waals surface area (Å²) in [6, 6.07) is 8.62. The molecule has 0 aliphatic carbocycles. The fourth-order valence-electron chi connectivity index (χ4n) is 2.58. The van der Waals surface area contributed by atoms with Gasteiger partial charge in [0.05, 0.1) is 0 Å². The first-order valence-electron chi connectivity index (χ1n) is 6.39. The van der Waals surface area contributed by atoms with Gasteiger partial charge in [-0.15, -0.1) is 0 Å². The van der Waals surface area contributed by atoms with Crippen LogP contribution in [0.4, 0.5) is 5.69 Å². The highest BCUT2D eigenvalue weighted by molar-refractivity contribution is 9.10. The van der Waals surface area contributed by atoms with Crippen molar-refractivity contribution in [2.75, 3.05) is 24.5 Å². The number of nitrogens with zero attached hydrogens (tertiary/aromatic N) is 1. The second kappa shape index (κ2) is 5.87. The molecule has 2 N–H and O–H groups in total. The number of anilines is 1. The first-order valence-corrected chi connectivity index (χ1v) is 7.19. The molecule has 3 heteroatoms. The van der Waals surface area contributed by atoms with E-state index in [0.29, 0.717) is 5.92 Å². The molecule has 2 nitrogen and oxygen atoms in total. The van der Waals surface area contributed by atoms with E-state index in [-0.39, 0.29) is 0 Å². The second-order valence-electron chi connectivity index (χ2n) is 5.15. The van der Waals surface area contributed by atoms with Crippen LogP contribution in [0.25, 0.3) is 0 Å². The Hall–Kier alpha value is -0.540. The van der Waals surface area contributed by atoms with Crippen molar-refractivity contribution in [3.8, 4) is 0 Å². The first-order chi connectivity index (χ1) is 8.19. The monoisotopic (exact) mass is 296 g/mol. The average molecular weight is 297 g/mol. The molecule has 94 valence electrons. The maximum atomic E-state index is 5.69. The van der Waals surface area contributed by atoms with Crippen molar-refractivity contribution in [2.24, 2.45) is 17.6 Å². The molecule has 1 aliphatic rings. The summed E-state index contributed by atoms with van der Waals surface area (Å²) in [5.41, 5.74) is 7.04. The summed E-state index contributed by atoms with van der Waals surface area (Å²) in [7, 11) is 0. The summed E-state index contributed by atoms with van der Waals surface area (Å²) in [6.07, 6.45) is 2.57. The zero-order chi connectivity index (χ0) is 12.3. The molecule has 1 aliphatic heterocycles. The van der Waals surface area contributed by atoms with E-state index in [1.54, 1.807) is 0 Å². The number of halogens is 1. The summed E-state index contributed by atoms with van der Waals surface area (Å²) in [5.74, 6) is 1.47. The predicted molar refractivity (Wildman–Crippen MR) is 77.3 cm³/mol. The zero-order valence-corrected chi connectivity index (χ0v) is 12.0. The molecule has 0 amide bonds. The van der Waals surface area contributed by atoms with E-state index in [0.717, 1.165) is 16.9 Å². The maximum absolute atomic E-state index is 5.69. The van der Waals surface area contributed by atoms with E-state index in [4.69, 9.17) is 5.73 Å². The highest BCUT2D eigenvalue weighted by Crippen LogP contribution is 2.28. The van der Waals surface area contributed by atoms with Gasteiger partial charge in [0, 0.05) is 23.2 Å². The van der Waals surface area contributed by atoms with Gasteiger partial charge in [-0.25, -0.2) is 0 Å². The Kier molecular flexibility index (Phi) is 4.46. The number of nitrogens with two attached hydrogens (primary N) is 1. The van der Waals surface area contributed by atoms with Crippen LogP contribution >= 0.6 is 15.9 Å². The van der Waals surface area contributed by atoms with Crippen molar-refractivity contribution in [1.29, 1.82) is 0 Å². The van der Waals surface area contributed by atoms with Crippen LogP contribution in [0, 0.1) is 11.8 Å². The number of rotatable bonds is 4. The highest BCUT2D eigenvalue weighted by atomic mass is 79.9. The standard InChI is InChI=1S/C14H21BrN2/c1-11(9-16)8-12-6-7-17(10-12)14-4-2-13(15)3-5-14/h2-5,11-12H,6-10,16H2,1H3. The molecule has 0 radical (unpaired) electrons. The van der Waals surface area contributed by atoms with Crippen molar-refractivity contribution in [1.82, 2.24) is 0 Å². The van der Waals surface area contributed by atoms with Crippen LogP contribution in [0.1, 0.15) is 19.8 Å². The second-order valence-corrected chi connectivity index (χ2v) is 6.07. The minimum absolute atomic E-state index is 0.657. The molecule has 0 aromatic heterocycles. The number of hydrogen-bond acceptors (Lipinski definition) is 2. The van der Waals surface area contributed by atoms with Crippen molar-refractivity contribution in [3.63, 3.8) is 0 Å². The summed E-state index contributed by atoms with van der Waals surface area (Å²) in [4.78, 5) is 2.49. The molecule has 17 heavy (non-hydrogen) atoms. The van der Waals surface area contributed by atoms with Crippen LogP contribution in [-0.4, -0.2) is 19.6 Å². The fourth-order valence-corrected chi connectivity index (χ4v) is 2.84. The van der Waals surface area contributed by atoms with Crippen LogP contribution in [0.15, 0.2) is 28.7 Å². The molecule has 2 atom stereocenters. The molecule has 0 bridgehead atoms. The van der Waals surface area contributed by atoms with Crippen LogP contribution in [0.3, 0.4) is 0 Å². The van der Waals surface area contributed by atoms with Gasteiger partial charge in [-0.05, 0) is 55.5 Å². The largest absolute Gasteiger partial charge is 0.371 e. The molecule has 1 fully saturated rings. The minimum Gasteiger partial charge on any atom is -0.371 e. The van der Waals surface area contributed by atoms with Gasteiger partial charge in [-0.2, -0.15) is 0 Å². The lowest BCUT2D eigenvalue weighted by Crippen LogP contribution is -2.21. The third-order valence-electron chi connectivity index (χ3n) is 3.62. The van der Waals surface area contributed by atoms with Gasteiger partial charge in [-0.3, -0.25) is 0 Å². The molecule has 0 spiro atoms. The summed E-state index contributed by atoms with van der Waals surface area (Å²) in [5, 5.41) is 0. The highest BCUT2D eigenvalue weighted by Gasteiger charge is 2.23. The van der Waals surface area contributed by atoms with Crippen LogP contribution in [0.2, 0.25) is 0 Å². The van der Waals surface area contributed by atoms with Gasteiger partial charge < -0.3 is 10.6 Å². The normalized spacial score (nSPS) is 21.8. The van der Waals surface area contributed by atoms with Crippen molar-refractivity contribution >= 4 is 21.6 Å². The lowest BCUT2D eigenvalue weighted by atomic mass is 9.95. The Morgan fingerprint density at radius 2 is 2.12 bits per heavy atom. The Balaban J connectivity index is 1.91. The summed E-state index contributed by atoms with van der Waals surface area (Å²) in [6.45, 7) is 5.44. The van der Waals surface area contributed by atoms with Crippen LogP contribution in [-0.2, 0) is 0 Å². The average Bonchev–Trinajstić information content (AvgIpc) is 2.78. The number of hydrogen-bond donors (Lipinski definition) is 1. The molecule has 2 unspecified atom stereocenters. The maximum Gasteiger partial charge on any atom is 0.0367 e. The first kappa shape index (κ1) is 12.9. The van der Waals surface area contributed by atoms with Crippen LogP contribution in [0.5, 0.6) is 0 Å². The van der Waals surface area contributed by atoms with Crippen molar-refractivity contribution in [2.45, 2.75) is 19.8 Å². The van der Waals surface area contributed by atoms with E-state index in [2.05, 4.69) is 52.0 Å². The summed E-state index contributed by atoms with van der Waals surface area (Å²) >= 11 is 3.48. The van der Waals surface area contributed by atoms with Crippen molar-refractivity contribution in [3.05, 3.63) is 28.7 Å². The lowest BCUT2D eigenvalue weighted by Gasteiger charge is -2.19. The molecule has 2 rings (SSSR count). The van der Waals surface area contributed by atoms with Gasteiger partial charge in [-0.1, -0.05) is 22.9 Å². The summed E-state index contributed by atoms with van der Waals surface area (Å²) < 4.78 is 1.15.